The normalized spacial score (nSPS) is 13.9. The van der Waals surface area contributed by atoms with Crippen molar-refractivity contribution in [1.29, 1.82) is 0 Å². The Hall–Kier alpha value is -0.160. The molecule has 0 fully saturated rings. The van der Waals surface area contributed by atoms with E-state index in [0.717, 1.165) is 6.54 Å². The van der Waals surface area contributed by atoms with Crippen molar-refractivity contribution in [3.05, 3.63) is 0 Å². The monoisotopic (exact) mass is 204 g/mol. The number of rotatable bonds is 8. The van der Waals surface area contributed by atoms with Crippen LogP contribution in [0.3, 0.4) is 0 Å². The number of hydrogen-bond acceptors (Lipinski definition) is 4. The Balaban J connectivity index is 3.40. The van der Waals surface area contributed by atoms with Gasteiger partial charge in [-0.05, 0) is 20.9 Å². The highest BCUT2D eigenvalue weighted by molar-refractivity contribution is 4.66. The average molecular weight is 204 g/mol. The highest BCUT2D eigenvalue weighted by Crippen LogP contribution is 1.95. The Bertz CT molecular complexity index is 131. The van der Waals surface area contributed by atoms with Crippen molar-refractivity contribution in [1.82, 2.24) is 10.2 Å². The third-order valence-corrected chi connectivity index (χ3v) is 2.24. The van der Waals surface area contributed by atoms with Crippen LogP contribution in [0.5, 0.6) is 0 Å². The molecule has 0 heterocycles. The largest absolute Gasteiger partial charge is 0.390 e. The summed E-state index contributed by atoms with van der Waals surface area (Å²) < 4.78 is 4.89. The highest BCUT2D eigenvalue weighted by Gasteiger charge is 2.09. The Morgan fingerprint density at radius 2 is 2.07 bits per heavy atom. The minimum Gasteiger partial charge on any atom is -0.390 e. The van der Waals surface area contributed by atoms with Gasteiger partial charge in [0.25, 0.3) is 0 Å². The van der Waals surface area contributed by atoms with Crippen LogP contribution in [0, 0.1) is 0 Å². The fourth-order valence-corrected chi connectivity index (χ4v) is 1.05. The second-order valence-corrected chi connectivity index (χ2v) is 3.88. The molecule has 86 valence electrons. The van der Waals surface area contributed by atoms with Gasteiger partial charge in [-0.25, -0.2) is 0 Å². The van der Waals surface area contributed by atoms with Crippen molar-refractivity contribution in [3.63, 3.8) is 0 Å². The van der Waals surface area contributed by atoms with E-state index in [2.05, 4.69) is 24.1 Å². The van der Waals surface area contributed by atoms with E-state index in [9.17, 15) is 5.11 Å². The highest BCUT2D eigenvalue weighted by atomic mass is 16.5. The second-order valence-electron chi connectivity index (χ2n) is 3.88. The van der Waals surface area contributed by atoms with E-state index >= 15 is 0 Å². The number of likely N-dealkylation sites (N-methyl/N-ethyl adjacent to an activating group) is 1. The van der Waals surface area contributed by atoms with E-state index in [1.165, 1.54) is 0 Å². The molecule has 0 rings (SSSR count). The number of nitrogens with zero attached hydrogens (tertiary/aromatic N) is 1. The number of aliphatic hydroxyl groups excluding tert-OH is 1. The molecule has 0 spiro atoms. The van der Waals surface area contributed by atoms with Gasteiger partial charge in [0.2, 0.25) is 0 Å². The first-order chi connectivity index (χ1) is 6.57. The maximum Gasteiger partial charge on any atom is 0.0791 e. The predicted molar refractivity (Wildman–Crippen MR) is 58.5 cm³/mol. The van der Waals surface area contributed by atoms with Gasteiger partial charge in [-0.2, -0.15) is 0 Å². The van der Waals surface area contributed by atoms with Gasteiger partial charge in [0.05, 0.1) is 12.7 Å². The minimum absolute atomic E-state index is 0.306. The van der Waals surface area contributed by atoms with Gasteiger partial charge in [0, 0.05) is 32.8 Å². The summed E-state index contributed by atoms with van der Waals surface area (Å²) in [6, 6.07) is 0.476. The number of hydrogen-bond donors (Lipinski definition) is 2. The van der Waals surface area contributed by atoms with Gasteiger partial charge >= 0.3 is 0 Å². The molecule has 1 atom stereocenters. The quantitative estimate of drug-likeness (QED) is 0.543. The lowest BCUT2D eigenvalue weighted by Gasteiger charge is -2.24. The molecule has 0 radical (unpaired) electrons. The lowest BCUT2D eigenvalue weighted by molar-refractivity contribution is 0.107. The molecule has 2 N–H and O–H groups in total. The third kappa shape index (κ3) is 7.26. The van der Waals surface area contributed by atoms with Gasteiger partial charge in [-0.1, -0.05) is 0 Å². The van der Waals surface area contributed by atoms with E-state index < -0.39 is 0 Å². The Labute approximate surface area is 87.2 Å². The van der Waals surface area contributed by atoms with Crippen molar-refractivity contribution >= 4 is 0 Å². The van der Waals surface area contributed by atoms with Crippen LogP contribution in [0.4, 0.5) is 0 Å². The molecular weight excluding hydrogens is 180 g/mol. The molecule has 0 saturated heterocycles. The Morgan fingerprint density at radius 3 is 2.57 bits per heavy atom. The SMILES string of the molecule is COCCNCC(O)CN(C)C(C)C. The van der Waals surface area contributed by atoms with Crippen LogP contribution in [0.1, 0.15) is 13.8 Å². The summed E-state index contributed by atoms with van der Waals surface area (Å²) in [5, 5.41) is 12.8. The van der Waals surface area contributed by atoms with Crippen LogP contribution in [-0.2, 0) is 4.74 Å². The maximum atomic E-state index is 9.62. The van der Waals surface area contributed by atoms with E-state index in [4.69, 9.17) is 4.74 Å². The topological polar surface area (TPSA) is 44.7 Å². The lowest BCUT2D eigenvalue weighted by Crippen LogP contribution is -2.40. The first-order valence-electron chi connectivity index (χ1n) is 5.16. The predicted octanol–water partition coefficient (Wildman–Crippen LogP) is -0.0765. The molecule has 0 aromatic heterocycles. The van der Waals surface area contributed by atoms with Crippen molar-refractivity contribution in [2.45, 2.75) is 26.0 Å². The van der Waals surface area contributed by atoms with Crippen molar-refractivity contribution in [2.24, 2.45) is 0 Å². The Kier molecular flexibility index (Phi) is 8.08. The van der Waals surface area contributed by atoms with Crippen molar-refractivity contribution in [3.8, 4) is 0 Å². The molecule has 0 aromatic rings. The number of methoxy groups -OCH3 is 1. The molecule has 0 aliphatic heterocycles. The van der Waals surface area contributed by atoms with Crippen molar-refractivity contribution < 1.29 is 9.84 Å². The molecule has 1 unspecified atom stereocenters. The summed E-state index contributed by atoms with van der Waals surface area (Å²) in [7, 11) is 3.69. The zero-order chi connectivity index (χ0) is 11.0. The average Bonchev–Trinajstić information content (AvgIpc) is 2.12. The fourth-order valence-electron chi connectivity index (χ4n) is 1.05. The lowest BCUT2D eigenvalue weighted by atomic mass is 10.2. The van der Waals surface area contributed by atoms with Crippen LogP contribution < -0.4 is 5.32 Å². The summed E-state index contributed by atoms with van der Waals surface area (Å²) in [6.07, 6.45) is -0.306. The van der Waals surface area contributed by atoms with Crippen LogP contribution in [0.25, 0.3) is 0 Å². The summed E-state index contributed by atoms with van der Waals surface area (Å²) in [4.78, 5) is 2.13. The number of nitrogens with one attached hydrogen (secondary N) is 1. The van der Waals surface area contributed by atoms with E-state index in [1.807, 2.05) is 7.05 Å². The first-order valence-corrected chi connectivity index (χ1v) is 5.16. The second kappa shape index (κ2) is 8.17. The molecule has 0 bridgehead atoms. The van der Waals surface area contributed by atoms with Gasteiger partial charge in [0.15, 0.2) is 0 Å². The molecule has 0 aliphatic rings. The van der Waals surface area contributed by atoms with Crippen LogP contribution in [0.15, 0.2) is 0 Å². The summed E-state index contributed by atoms with van der Waals surface area (Å²) >= 11 is 0. The molecule has 0 aliphatic carbocycles. The van der Waals surface area contributed by atoms with Crippen LogP contribution >= 0.6 is 0 Å². The first kappa shape index (κ1) is 13.8. The minimum atomic E-state index is -0.306. The molecule has 14 heavy (non-hydrogen) atoms. The van der Waals surface area contributed by atoms with Crippen LogP contribution in [0.2, 0.25) is 0 Å². The van der Waals surface area contributed by atoms with E-state index in [0.29, 0.717) is 25.7 Å². The van der Waals surface area contributed by atoms with Gasteiger partial charge in [-0.15, -0.1) is 0 Å². The number of ether oxygens (including phenoxy) is 1. The summed E-state index contributed by atoms with van der Waals surface area (Å²) in [5.74, 6) is 0. The zero-order valence-electron chi connectivity index (χ0n) is 9.79. The smallest absolute Gasteiger partial charge is 0.0791 e. The fraction of sp³-hybridized carbons (Fsp3) is 1.00. The van der Waals surface area contributed by atoms with Gasteiger partial charge in [-0.3, -0.25) is 0 Å². The number of aliphatic hydroxyl groups is 1. The Morgan fingerprint density at radius 1 is 1.43 bits per heavy atom. The molecule has 4 heteroatoms. The van der Waals surface area contributed by atoms with E-state index in [-0.39, 0.29) is 6.10 Å². The van der Waals surface area contributed by atoms with Crippen LogP contribution in [-0.4, -0.2) is 62.6 Å². The third-order valence-electron chi connectivity index (χ3n) is 2.24. The van der Waals surface area contributed by atoms with Gasteiger partial charge < -0.3 is 20.1 Å². The summed E-state index contributed by atoms with van der Waals surface area (Å²) in [6.45, 7) is 7.04. The summed E-state index contributed by atoms with van der Waals surface area (Å²) in [5.41, 5.74) is 0. The zero-order valence-corrected chi connectivity index (χ0v) is 9.79. The maximum absolute atomic E-state index is 9.62. The molecule has 0 saturated carbocycles. The standard InChI is InChI=1S/C10H24N2O2/c1-9(2)12(3)8-10(13)7-11-5-6-14-4/h9-11,13H,5-8H2,1-4H3. The molecule has 0 amide bonds. The molecule has 0 aromatic carbocycles. The molecular formula is C10H24N2O2. The van der Waals surface area contributed by atoms with E-state index in [1.54, 1.807) is 7.11 Å². The van der Waals surface area contributed by atoms with Gasteiger partial charge in [0.1, 0.15) is 0 Å². The molecule has 4 nitrogen and oxygen atoms in total. The van der Waals surface area contributed by atoms with Crippen molar-refractivity contribution in [2.75, 3.05) is 40.4 Å².